The Labute approximate surface area is 63.7 Å². The molecule has 0 bridgehead atoms. The van der Waals surface area contributed by atoms with Crippen LogP contribution in [0.3, 0.4) is 0 Å². The van der Waals surface area contributed by atoms with Gasteiger partial charge >= 0.3 is 39.5 Å². The van der Waals surface area contributed by atoms with E-state index in [1.54, 1.807) is 0 Å². The van der Waals surface area contributed by atoms with Crippen LogP contribution in [0.1, 0.15) is 0 Å². The first-order valence-electron chi connectivity index (χ1n) is 2.35. The molecule has 0 aliphatic heterocycles. The molecule has 0 aromatic heterocycles. The first-order valence-corrected chi connectivity index (χ1v) is 4.38. The number of diazo groups is 1. The predicted octanol–water partition coefficient (Wildman–Crippen LogP) is 4.41. The molecule has 0 amide bonds. The minimum atomic E-state index is -10.7. The van der Waals surface area contributed by atoms with E-state index in [1.807, 2.05) is 0 Å². The van der Waals surface area contributed by atoms with Crippen LogP contribution in [-0.4, -0.2) is 6.54 Å². The van der Waals surface area contributed by atoms with Crippen molar-refractivity contribution in [2.45, 2.75) is 0 Å². The van der Waals surface area contributed by atoms with Crippen LogP contribution >= 0.6 is 7.81 Å². The van der Waals surface area contributed by atoms with Crippen LogP contribution in [0, 0.1) is 5.39 Å². The van der Waals surface area contributed by atoms with Gasteiger partial charge in [-0.05, 0) is 6.08 Å². The van der Waals surface area contributed by atoms with Gasteiger partial charge in [-0.25, -0.2) is 0 Å². The third-order valence-corrected chi connectivity index (χ3v) is 0.211. The number of halogens is 6. The summed E-state index contributed by atoms with van der Waals surface area (Å²) < 4.78 is 59.2. The number of nitrogens with zero attached hydrogens (tertiary/aromatic N) is 2. The first kappa shape index (κ1) is 13.7. The molecule has 0 heterocycles. The maximum absolute atomic E-state index is 10.7. The van der Waals surface area contributed by atoms with Crippen LogP contribution in [0.2, 0.25) is 0 Å². The van der Waals surface area contributed by atoms with Crippen LogP contribution in [0.5, 0.6) is 0 Å². The molecular formula is C3H5F6N2P. The molecule has 12 heavy (non-hydrogen) atoms. The molecule has 0 unspecified atom stereocenters. The van der Waals surface area contributed by atoms with Crippen molar-refractivity contribution in [3.63, 3.8) is 0 Å². The first-order chi connectivity index (χ1) is 4.86. The van der Waals surface area contributed by atoms with E-state index in [-0.39, 0.29) is 0 Å². The fraction of sp³-hybridized carbons (Fsp3) is 0.333. The van der Waals surface area contributed by atoms with Crippen molar-refractivity contribution >= 4 is 7.81 Å². The predicted molar refractivity (Wildman–Crippen MR) is 33.7 cm³/mol. The van der Waals surface area contributed by atoms with Crippen LogP contribution in [0.15, 0.2) is 12.7 Å². The molecule has 0 saturated heterocycles. The van der Waals surface area contributed by atoms with Gasteiger partial charge in [0.05, 0.1) is 0 Å². The third kappa shape index (κ3) is 447. The van der Waals surface area contributed by atoms with Crippen molar-refractivity contribution in [3.8, 4) is 0 Å². The van der Waals surface area contributed by atoms with Crippen molar-refractivity contribution < 1.29 is 25.2 Å². The molecule has 0 aliphatic rings. The Morgan fingerprint density at radius 2 is 1.42 bits per heavy atom. The zero-order valence-electron chi connectivity index (χ0n) is 5.60. The van der Waals surface area contributed by atoms with Gasteiger partial charge < -0.3 is 0 Å². The molecule has 9 heteroatoms. The zero-order valence-corrected chi connectivity index (χ0v) is 6.50. The molecule has 74 valence electrons. The van der Waals surface area contributed by atoms with Crippen molar-refractivity contribution in [3.05, 3.63) is 17.6 Å². The van der Waals surface area contributed by atoms with Crippen LogP contribution < -0.4 is 0 Å². The van der Waals surface area contributed by atoms with Crippen LogP contribution in [-0.2, 0) is 0 Å². The van der Waals surface area contributed by atoms with E-state index in [0.29, 0.717) is 6.54 Å². The fourth-order valence-electron chi connectivity index (χ4n) is 0.0577. The molecular weight excluding hydrogens is 209 g/mol. The molecule has 0 radical (unpaired) electrons. The number of hydrogen-bond acceptors (Lipinski definition) is 1. The fourth-order valence-corrected chi connectivity index (χ4v) is 0.0577. The average molecular weight is 214 g/mol. The summed E-state index contributed by atoms with van der Waals surface area (Å²) in [6.45, 7) is 3.63. The van der Waals surface area contributed by atoms with Gasteiger partial charge in [0.15, 0.2) is 0 Å². The Morgan fingerprint density at radius 1 is 1.17 bits per heavy atom. The summed E-state index contributed by atoms with van der Waals surface area (Å²) in [7, 11) is -10.7. The summed E-state index contributed by atoms with van der Waals surface area (Å²) in [6.07, 6.45) is 1.51. The molecule has 0 saturated carbocycles. The van der Waals surface area contributed by atoms with E-state index < -0.39 is 7.81 Å². The summed E-state index contributed by atoms with van der Waals surface area (Å²) >= 11 is 0. The van der Waals surface area contributed by atoms with E-state index in [9.17, 15) is 25.2 Å². The van der Waals surface area contributed by atoms with Gasteiger partial charge in [0.2, 0.25) is 5.39 Å². The SMILES string of the molecule is C=CC[N+]#N.F[P-](F)(F)(F)(F)F. The van der Waals surface area contributed by atoms with E-state index in [0.717, 1.165) is 0 Å². The van der Waals surface area contributed by atoms with Gasteiger partial charge in [0.25, 0.3) is 0 Å². The number of rotatable bonds is 1. The second-order valence-electron chi connectivity index (χ2n) is 1.57. The molecule has 2 nitrogen and oxygen atoms in total. The second kappa shape index (κ2) is 2.90. The summed E-state index contributed by atoms with van der Waals surface area (Å²) in [4.78, 5) is 2.74. The maximum atomic E-state index is 9.87. The van der Waals surface area contributed by atoms with Gasteiger partial charge in [-0.15, -0.1) is 0 Å². The standard InChI is InChI=1S/C3H5N2.F6P/c1-2-3-5-4;1-7(2,3,4,5)6/h2H,1,3H2;/q+1;-1. The topological polar surface area (TPSA) is 28.1 Å². The van der Waals surface area contributed by atoms with Gasteiger partial charge in [-0.2, -0.15) is 0 Å². The van der Waals surface area contributed by atoms with E-state index in [1.165, 1.54) is 6.08 Å². The van der Waals surface area contributed by atoms with Crippen molar-refractivity contribution in [2.75, 3.05) is 6.54 Å². The third-order valence-electron chi connectivity index (χ3n) is 0.211. The molecule has 0 spiro atoms. The Kier molecular flexibility index (Phi) is 3.32. The molecule has 0 aromatic carbocycles. The van der Waals surface area contributed by atoms with Crippen LogP contribution in [0.4, 0.5) is 25.2 Å². The Bertz CT molecular complexity index is 183. The van der Waals surface area contributed by atoms with Crippen molar-refractivity contribution in [2.24, 2.45) is 0 Å². The summed E-state index contributed by atoms with van der Waals surface area (Å²) in [5.74, 6) is 0. The van der Waals surface area contributed by atoms with E-state index in [4.69, 9.17) is 5.39 Å². The Balaban J connectivity index is 0. The average Bonchev–Trinajstić information content (AvgIpc) is 1.58. The van der Waals surface area contributed by atoms with Gasteiger partial charge in [-0.3, -0.25) is 0 Å². The monoisotopic (exact) mass is 214 g/mol. The van der Waals surface area contributed by atoms with Gasteiger partial charge in [-0.1, -0.05) is 6.58 Å². The Hall–Kier alpha value is -0.830. The molecule has 0 atom stereocenters. The second-order valence-corrected chi connectivity index (χ2v) is 3.49. The molecule has 0 rings (SSSR count). The summed E-state index contributed by atoms with van der Waals surface area (Å²) in [6, 6.07) is 0. The molecule has 0 fully saturated rings. The Morgan fingerprint density at radius 3 is 1.42 bits per heavy atom. The number of hydrogen-bond donors (Lipinski definition) is 0. The molecule has 0 aromatic rings. The van der Waals surface area contributed by atoms with Crippen molar-refractivity contribution in [1.29, 1.82) is 5.39 Å². The minimum absolute atomic E-state index is 0.333. The summed E-state index contributed by atoms with van der Waals surface area (Å²) in [5, 5.41) is 7.62. The zero-order chi connectivity index (χ0) is 10.5. The van der Waals surface area contributed by atoms with Gasteiger partial charge in [0.1, 0.15) is 4.98 Å². The van der Waals surface area contributed by atoms with Crippen molar-refractivity contribution in [1.82, 2.24) is 0 Å². The quantitative estimate of drug-likeness (QED) is 0.275. The molecule has 0 N–H and O–H groups in total. The summed E-state index contributed by atoms with van der Waals surface area (Å²) in [5.41, 5.74) is 0. The van der Waals surface area contributed by atoms with Crippen LogP contribution in [0.25, 0.3) is 4.98 Å². The normalized spacial score (nSPS) is 15.8. The van der Waals surface area contributed by atoms with E-state index >= 15 is 0 Å². The van der Waals surface area contributed by atoms with Gasteiger partial charge in [0, 0.05) is 0 Å². The van der Waals surface area contributed by atoms with E-state index in [2.05, 4.69) is 11.6 Å². The molecule has 0 aliphatic carbocycles.